The van der Waals surface area contributed by atoms with Crippen LogP contribution in [-0.4, -0.2) is 23.7 Å². The fraction of sp³-hybridized carbons (Fsp3) is 0.467. The highest BCUT2D eigenvalue weighted by atomic mass is 32.1. The Morgan fingerprint density at radius 1 is 1.30 bits per heavy atom. The van der Waals surface area contributed by atoms with Gasteiger partial charge < -0.3 is 10.1 Å². The second-order valence-electron chi connectivity index (χ2n) is 4.65. The van der Waals surface area contributed by atoms with Crippen LogP contribution in [0, 0.1) is 5.92 Å². The van der Waals surface area contributed by atoms with Crippen molar-refractivity contribution in [3.63, 3.8) is 0 Å². The Hall–Kier alpha value is -1.49. The number of carbonyl (C=O) groups excluding carboxylic acids is 2. The summed E-state index contributed by atoms with van der Waals surface area (Å²) in [4.78, 5) is 23.7. The smallest absolute Gasteiger partial charge is 0.329 e. The lowest BCUT2D eigenvalue weighted by molar-refractivity contribution is -0.148. The molecule has 20 heavy (non-hydrogen) atoms. The lowest BCUT2D eigenvalue weighted by Crippen LogP contribution is -2.45. The van der Waals surface area contributed by atoms with Crippen LogP contribution in [0.1, 0.15) is 25.8 Å². The van der Waals surface area contributed by atoms with Crippen molar-refractivity contribution < 1.29 is 14.3 Å². The summed E-state index contributed by atoms with van der Waals surface area (Å²) in [7, 11) is 0. The molecule has 0 saturated heterocycles. The second-order valence-corrected chi connectivity index (χ2v) is 5.01. The number of thiol groups is 1. The van der Waals surface area contributed by atoms with Crippen molar-refractivity contribution >= 4 is 24.5 Å². The first-order valence-corrected chi connectivity index (χ1v) is 7.33. The van der Waals surface area contributed by atoms with Crippen molar-refractivity contribution in [1.82, 2.24) is 5.32 Å². The van der Waals surface area contributed by atoms with Crippen molar-refractivity contribution in [3.05, 3.63) is 35.9 Å². The minimum Gasteiger partial charge on any atom is -0.459 e. The van der Waals surface area contributed by atoms with Gasteiger partial charge in [0.25, 0.3) is 0 Å². The van der Waals surface area contributed by atoms with Gasteiger partial charge in [0.1, 0.15) is 12.6 Å². The second kappa shape index (κ2) is 8.64. The van der Waals surface area contributed by atoms with Crippen LogP contribution in [0.2, 0.25) is 0 Å². The zero-order valence-electron chi connectivity index (χ0n) is 11.8. The van der Waals surface area contributed by atoms with Gasteiger partial charge in [0.2, 0.25) is 5.91 Å². The molecule has 110 valence electrons. The Bertz CT molecular complexity index is 436. The van der Waals surface area contributed by atoms with E-state index in [0.717, 1.165) is 12.0 Å². The van der Waals surface area contributed by atoms with E-state index < -0.39 is 12.0 Å². The Morgan fingerprint density at radius 2 is 1.95 bits per heavy atom. The molecule has 1 N–H and O–H groups in total. The number of amides is 1. The van der Waals surface area contributed by atoms with Gasteiger partial charge >= 0.3 is 5.97 Å². The summed E-state index contributed by atoms with van der Waals surface area (Å²) in [6.45, 7) is 3.94. The number of hydrogen-bond acceptors (Lipinski definition) is 4. The molecule has 4 nitrogen and oxygen atoms in total. The van der Waals surface area contributed by atoms with E-state index in [1.165, 1.54) is 0 Å². The number of rotatable bonds is 7. The molecule has 0 fully saturated rings. The van der Waals surface area contributed by atoms with E-state index >= 15 is 0 Å². The summed E-state index contributed by atoms with van der Waals surface area (Å²) < 4.78 is 5.19. The van der Waals surface area contributed by atoms with E-state index in [1.54, 1.807) is 0 Å². The average Bonchev–Trinajstić information content (AvgIpc) is 2.50. The van der Waals surface area contributed by atoms with Crippen LogP contribution >= 0.6 is 12.6 Å². The SMILES string of the molecule is CC[C@@H](C)C(=O)NC(CS)C(=O)OCc1ccccc1. The van der Waals surface area contributed by atoms with Crippen LogP contribution < -0.4 is 5.32 Å². The zero-order valence-corrected chi connectivity index (χ0v) is 12.7. The zero-order chi connectivity index (χ0) is 15.0. The molecule has 0 aromatic heterocycles. The van der Waals surface area contributed by atoms with Crippen molar-refractivity contribution in [2.24, 2.45) is 5.92 Å². The molecule has 5 heteroatoms. The number of nitrogens with one attached hydrogen (secondary N) is 1. The maximum atomic E-state index is 11.9. The number of hydrogen-bond donors (Lipinski definition) is 2. The average molecular weight is 295 g/mol. The molecule has 0 heterocycles. The molecule has 1 aromatic carbocycles. The monoisotopic (exact) mass is 295 g/mol. The first kappa shape index (κ1) is 16.6. The maximum absolute atomic E-state index is 11.9. The highest BCUT2D eigenvalue weighted by Gasteiger charge is 2.22. The summed E-state index contributed by atoms with van der Waals surface area (Å²) in [5.74, 6) is -0.515. The Morgan fingerprint density at radius 3 is 2.50 bits per heavy atom. The molecule has 0 aliphatic heterocycles. The topological polar surface area (TPSA) is 55.4 Å². The first-order chi connectivity index (χ1) is 9.58. The summed E-state index contributed by atoms with van der Waals surface area (Å²) in [6.07, 6.45) is 0.726. The lowest BCUT2D eigenvalue weighted by atomic mass is 10.1. The van der Waals surface area contributed by atoms with Gasteiger partial charge in [-0.15, -0.1) is 0 Å². The van der Waals surface area contributed by atoms with Gasteiger partial charge in [-0.05, 0) is 12.0 Å². The summed E-state index contributed by atoms with van der Waals surface area (Å²) in [6, 6.07) is 8.70. The minimum absolute atomic E-state index is 0.126. The number of esters is 1. The van der Waals surface area contributed by atoms with Gasteiger partial charge in [0.15, 0.2) is 0 Å². The Balaban J connectivity index is 2.48. The van der Waals surface area contributed by atoms with Gasteiger partial charge in [-0.1, -0.05) is 44.2 Å². The number of ether oxygens (including phenoxy) is 1. The summed E-state index contributed by atoms with van der Waals surface area (Å²) in [5, 5.41) is 2.66. The molecule has 2 atom stereocenters. The third-order valence-electron chi connectivity index (χ3n) is 3.07. The van der Waals surface area contributed by atoms with Crippen LogP contribution in [0.25, 0.3) is 0 Å². The van der Waals surface area contributed by atoms with E-state index in [2.05, 4.69) is 17.9 Å². The Kier molecular flexibility index (Phi) is 7.15. The van der Waals surface area contributed by atoms with Gasteiger partial charge in [-0.25, -0.2) is 4.79 Å². The maximum Gasteiger partial charge on any atom is 0.329 e. The van der Waals surface area contributed by atoms with Crippen LogP contribution in [0.15, 0.2) is 30.3 Å². The molecular weight excluding hydrogens is 274 g/mol. The quantitative estimate of drug-likeness (QED) is 0.599. The van der Waals surface area contributed by atoms with Crippen molar-refractivity contribution in [1.29, 1.82) is 0 Å². The largest absolute Gasteiger partial charge is 0.459 e. The molecule has 0 saturated carbocycles. The summed E-state index contributed by atoms with van der Waals surface area (Å²) in [5.41, 5.74) is 0.909. The molecule has 0 radical (unpaired) electrons. The standard InChI is InChI=1S/C15H21NO3S/c1-3-11(2)14(17)16-13(10-20)15(18)19-9-12-7-5-4-6-8-12/h4-8,11,13,20H,3,9-10H2,1-2H3,(H,16,17)/t11-,13?/m1/s1. The van der Waals surface area contributed by atoms with E-state index in [1.807, 2.05) is 44.2 Å². The predicted molar refractivity (Wildman–Crippen MR) is 81.5 cm³/mol. The van der Waals surface area contributed by atoms with Crippen molar-refractivity contribution in [2.45, 2.75) is 32.9 Å². The first-order valence-electron chi connectivity index (χ1n) is 6.70. The molecule has 1 aromatic rings. The third kappa shape index (κ3) is 5.25. The van der Waals surface area contributed by atoms with Gasteiger partial charge in [-0.2, -0.15) is 12.6 Å². The van der Waals surface area contributed by atoms with Gasteiger partial charge in [-0.3, -0.25) is 4.79 Å². The van der Waals surface area contributed by atoms with Gasteiger partial charge in [0, 0.05) is 11.7 Å². The Labute approximate surface area is 125 Å². The molecule has 0 bridgehead atoms. The number of benzene rings is 1. The highest BCUT2D eigenvalue weighted by Crippen LogP contribution is 2.05. The molecule has 0 spiro atoms. The van der Waals surface area contributed by atoms with Crippen LogP contribution in [0.5, 0.6) is 0 Å². The fourth-order valence-corrected chi connectivity index (χ4v) is 1.75. The highest BCUT2D eigenvalue weighted by molar-refractivity contribution is 7.80. The fourth-order valence-electron chi connectivity index (χ4n) is 1.51. The van der Waals surface area contributed by atoms with Gasteiger partial charge in [0.05, 0.1) is 0 Å². The van der Waals surface area contributed by atoms with E-state index in [4.69, 9.17) is 4.74 Å². The molecular formula is C15H21NO3S. The molecule has 0 aliphatic rings. The van der Waals surface area contributed by atoms with E-state index in [-0.39, 0.29) is 24.2 Å². The van der Waals surface area contributed by atoms with E-state index in [9.17, 15) is 9.59 Å². The minimum atomic E-state index is -0.705. The van der Waals surface area contributed by atoms with Crippen molar-refractivity contribution in [3.8, 4) is 0 Å². The normalized spacial score (nSPS) is 13.3. The predicted octanol–water partition coefficient (Wildman–Crippen LogP) is 2.19. The van der Waals surface area contributed by atoms with Crippen LogP contribution in [-0.2, 0) is 20.9 Å². The third-order valence-corrected chi connectivity index (χ3v) is 3.43. The molecule has 1 unspecified atom stereocenters. The molecule has 1 amide bonds. The molecule has 0 aliphatic carbocycles. The molecule has 1 rings (SSSR count). The van der Waals surface area contributed by atoms with Crippen molar-refractivity contribution in [2.75, 3.05) is 5.75 Å². The number of carbonyl (C=O) groups is 2. The van der Waals surface area contributed by atoms with Crippen LogP contribution in [0.3, 0.4) is 0 Å². The van der Waals surface area contributed by atoms with E-state index in [0.29, 0.717) is 0 Å². The lowest BCUT2D eigenvalue weighted by Gasteiger charge is -2.17. The van der Waals surface area contributed by atoms with Crippen LogP contribution in [0.4, 0.5) is 0 Å². The summed E-state index contributed by atoms with van der Waals surface area (Å²) >= 11 is 4.09.